The van der Waals surface area contributed by atoms with Crippen LogP contribution in [-0.4, -0.2) is 134 Å². The SMILES string of the molecule is CC(C)(COP(=O)(O)OP(=O)(O)OCC1OC(n2cnc3c(N)ncnc32)C(O)C1OP(=O)(O)O)C(O)C(=O)NCCC(=O)NCCSC(=O)C/C=C/CCCCC/C=C/C(=O)O. The number of nitrogens with one attached hydrogen (secondary N) is 2. The number of thioether (sulfide) groups is 1. The number of fused-ring (bicyclic) bond motifs is 1. The lowest BCUT2D eigenvalue weighted by atomic mass is 9.87. The molecule has 7 unspecified atom stereocenters. The van der Waals surface area contributed by atoms with Crippen molar-refractivity contribution in [2.75, 3.05) is 37.8 Å². The van der Waals surface area contributed by atoms with Gasteiger partial charge in [-0.05, 0) is 25.7 Å². The third kappa shape index (κ3) is 18.9. The average Bonchev–Trinajstić information content (AvgIpc) is 3.75. The number of unbranched alkanes of at least 4 members (excludes halogenated alkanes) is 4. The van der Waals surface area contributed by atoms with E-state index in [9.17, 15) is 62.7 Å². The molecule has 0 aromatic carbocycles. The molecule has 30 heteroatoms. The zero-order chi connectivity index (χ0) is 47.0. The number of aliphatic carboxylic acids is 1. The van der Waals surface area contributed by atoms with Crippen molar-refractivity contribution in [2.24, 2.45) is 5.41 Å². The fourth-order valence-corrected chi connectivity index (χ4v) is 9.01. The van der Waals surface area contributed by atoms with Gasteiger partial charge >= 0.3 is 29.4 Å². The number of nitrogen functional groups attached to an aromatic ring is 1. The molecule has 0 bridgehead atoms. The topological polar surface area (TPSA) is 401 Å². The number of amides is 2. The van der Waals surface area contributed by atoms with Crippen LogP contribution in [-0.2, 0) is 55.5 Å². The first-order valence-electron chi connectivity index (χ1n) is 19.0. The van der Waals surface area contributed by atoms with E-state index in [-0.39, 0.29) is 48.0 Å². The summed E-state index contributed by atoms with van der Waals surface area (Å²) >= 11 is 1.04. The number of imidazole rings is 1. The van der Waals surface area contributed by atoms with Gasteiger partial charge in [-0.25, -0.2) is 33.4 Å². The molecule has 7 atom stereocenters. The summed E-state index contributed by atoms with van der Waals surface area (Å²) in [7, 11) is -16.4. The van der Waals surface area contributed by atoms with Gasteiger partial charge < -0.3 is 56.0 Å². The van der Waals surface area contributed by atoms with Gasteiger partial charge in [0, 0.05) is 43.2 Å². The van der Waals surface area contributed by atoms with E-state index in [1.165, 1.54) is 13.8 Å². The monoisotopic (exact) mass is 975 g/mol. The number of carbonyl (C=O) groups is 4. The van der Waals surface area contributed by atoms with E-state index < -0.39 is 90.5 Å². The molecule has 0 spiro atoms. The lowest BCUT2D eigenvalue weighted by Gasteiger charge is -2.30. The van der Waals surface area contributed by atoms with Gasteiger partial charge in [0.1, 0.15) is 36.3 Å². The molecule has 2 aromatic heterocycles. The Morgan fingerprint density at radius 3 is 2.35 bits per heavy atom. The Hall–Kier alpha value is -3.49. The van der Waals surface area contributed by atoms with Crippen molar-refractivity contribution in [1.29, 1.82) is 0 Å². The Bertz CT molecular complexity index is 2090. The Balaban J connectivity index is 1.37. The average molecular weight is 976 g/mol. The summed E-state index contributed by atoms with van der Waals surface area (Å²) in [4.78, 5) is 98.3. The first-order chi connectivity index (χ1) is 29.4. The molecule has 0 radical (unpaired) electrons. The van der Waals surface area contributed by atoms with Crippen LogP contribution >= 0.6 is 35.2 Å². The number of phosphoric ester groups is 3. The normalized spacial score (nSPS) is 20.8. The number of nitrogens with zero attached hydrogens (tertiary/aromatic N) is 4. The van der Waals surface area contributed by atoms with Crippen molar-refractivity contribution >= 4 is 75.1 Å². The number of aliphatic hydroxyl groups is 2. The molecule has 1 fully saturated rings. The Labute approximate surface area is 364 Å². The first-order valence-corrected chi connectivity index (χ1v) is 24.5. The number of carboxylic acid groups (broad SMARTS) is 1. The quantitative estimate of drug-likeness (QED) is 0.0248. The fourth-order valence-electron chi connectivity index (χ4n) is 5.54. The molecule has 2 aromatic rings. The zero-order valence-corrected chi connectivity index (χ0v) is 37.5. The Morgan fingerprint density at radius 2 is 1.67 bits per heavy atom. The maximum atomic E-state index is 12.7. The van der Waals surface area contributed by atoms with Gasteiger partial charge in [0.25, 0.3) is 0 Å². The Kier molecular flexibility index (Phi) is 21.1. The number of carboxylic acids is 1. The summed E-state index contributed by atoms with van der Waals surface area (Å²) in [5.41, 5.74) is 4.23. The van der Waals surface area contributed by atoms with Crippen molar-refractivity contribution < 1.29 is 90.4 Å². The van der Waals surface area contributed by atoms with Gasteiger partial charge in [0.05, 0.1) is 19.5 Å². The highest BCUT2D eigenvalue weighted by atomic mass is 32.2. The van der Waals surface area contributed by atoms with E-state index in [2.05, 4.69) is 34.4 Å². The van der Waals surface area contributed by atoms with Crippen molar-refractivity contribution in [3.8, 4) is 0 Å². The predicted molar refractivity (Wildman–Crippen MR) is 221 cm³/mol. The zero-order valence-electron chi connectivity index (χ0n) is 34.0. The van der Waals surface area contributed by atoms with Crippen molar-refractivity contribution in [1.82, 2.24) is 30.2 Å². The number of nitrogens with two attached hydrogens (primary N) is 1. The fraction of sp³-hybridized carbons (Fsp3) is 0.606. The van der Waals surface area contributed by atoms with Gasteiger partial charge in [0.2, 0.25) is 11.8 Å². The van der Waals surface area contributed by atoms with Crippen molar-refractivity contribution in [2.45, 2.75) is 89.4 Å². The molecule has 3 rings (SSSR count). The predicted octanol–water partition coefficient (Wildman–Crippen LogP) is 1.20. The van der Waals surface area contributed by atoms with Gasteiger partial charge in [-0.1, -0.05) is 50.3 Å². The molecular weight excluding hydrogens is 923 g/mol. The van der Waals surface area contributed by atoms with Crippen LogP contribution < -0.4 is 16.4 Å². The number of carbonyl (C=O) groups excluding carboxylic acids is 3. The molecule has 26 nitrogen and oxygen atoms in total. The van der Waals surface area contributed by atoms with E-state index >= 15 is 0 Å². The molecule has 2 amide bonds. The lowest BCUT2D eigenvalue weighted by Crippen LogP contribution is -2.46. The van der Waals surface area contributed by atoms with Crippen LogP contribution in [0.3, 0.4) is 0 Å². The minimum atomic E-state index is -5.59. The standard InChI is InChI=1S/C33H52N7O19P3S/c1-33(2,28(46)31(47)36-14-13-22(41)35-15-16-63-24(44)12-10-8-6-4-3-5-7-9-11-23(42)43)18-56-62(53,54)59-61(51,52)55-17-21-27(58-60(48,49)50)26(45)32(57-21)40-20-39-25-29(34)37-19-38-30(25)40/h8-11,19-21,26-28,32,45-46H,3-7,12-18H2,1-2H3,(H,35,41)(H,36,47)(H,42,43)(H,51,52)(H,53,54)(H2,34,37,38)(H2,48,49,50)/b10-8+,11-9+. The van der Waals surface area contributed by atoms with Crippen LogP contribution in [0.4, 0.5) is 5.82 Å². The molecule has 1 aliphatic rings. The lowest BCUT2D eigenvalue weighted by molar-refractivity contribution is -0.137. The summed E-state index contributed by atoms with van der Waals surface area (Å²) in [6, 6.07) is 0. The van der Waals surface area contributed by atoms with Crippen LogP contribution in [0.1, 0.15) is 65.0 Å². The van der Waals surface area contributed by atoms with Gasteiger partial charge in [-0.2, -0.15) is 4.31 Å². The summed E-state index contributed by atoms with van der Waals surface area (Å²) in [5, 5.41) is 34.9. The number of phosphoric acid groups is 3. The minimum Gasteiger partial charge on any atom is -0.478 e. The van der Waals surface area contributed by atoms with Gasteiger partial charge in [-0.15, -0.1) is 0 Å². The van der Waals surface area contributed by atoms with Crippen LogP contribution in [0, 0.1) is 5.41 Å². The van der Waals surface area contributed by atoms with Crippen LogP contribution in [0.25, 0.3) is 11.2 Å². The number of rotatable bonds is 28. The number of aromatic nitrogens is 4. The highest BCUT2D eigenvalue weighted by molar-refractivity contribution is 8.13. The third-order valence-electron chi connectivity index (χ3n) is 8.72. The Morgan fingerprint density at radius 1 is 0.984 bits per heavy atom. The molecule has 11 N–H and O–H groups in total. The van der Waals surface area contributed by atoms with Crippen molar-refractivity contribution in [3.63, 3.8) is 0 Å². The van der Waals surface area contributed by atoms with Crippen LogP contribution in [0.15, 0.2) is 37.0 Å². The van der Waals surface area contributed by atoms with Crippen LogP contribution in [0.5, 0.6) is 0 Å². The maximum Gasteiger partial charge on any atom is 0.481 e. The molecular formula is C33H52N7O19P3S. The third-order valence-corrected chi connectivity index (χ3v) is 12.7. The highest BCUT2D eigenvalue weighted by Crippen LogP contribution is 2.61. The molecule has 0 aliphatic carbocycles. The smallest absolute Gasteiger partial charge is 0.478 e. The first kappa shape index (κ1) is 53.8. The number of hydrogen-bond donors (Lipinski definition) is 10. The number of ether oxygens (including phenoxy) is 1. The highest BCUT2D eigenvalue weighted by Gasteiger charge is 2.50. The molecule has 3 heterocycles. The van der Waals surface area contributed by atoms with E-state index in [0.29, 0.717) is 12.2 Å². The molecule has 1 saturated heterocycles. The largest absolute Gasteiger partial charge is 0.481 e. The van der Waals surface area contributed by atoms with E-state index in [1.54, 1.807) is 12.2 Å². The molecule has 63 heavy (non-hydrogen) atoms. The van der Waals surface area contributed by atoms with Crippen molar-refractivity contribution in [3.05, 3.63) is 37.0 Å². The molecule has 0 saturated carbocycles. The van der Waals surface area contributed by atoms with Crippen LogP contribution in [0.2, 0.25) is 0 Å². The van der Waals surface area contributed by atoms with E-state index in [0.717, 1.165) is 60.7 Å². The summed E-state index contributed by atoms with van der Waals surface area (Å²) in [5.74, 6) is -2.16. The van der Waals surface area contributed by atoms with E-state index in [1.807, 2.05) is 6.08 Å². The summed E-state index contributed by atoms with van der Waals surface area (Å²) in [6.45, 7) is 0.396. The molecule has 1 aliphatic heterocycles. The number of anilines is 1. The maximum absolute atomic E-state index is 12.7. The van der Waals surface area contributed by atoms with Gasteiger partial charge in [-0.3, -0.25) is 32.5 Å². The second kappa shape index (κ2) is 24.7. The minimum absolute atomic E-state index is 0.0237. The number of hydrogen-bond acceptors (Lipinski definition) is 19. The molecule has 354 valence electrons. The summed E-state index contributed by atoms with van der Waals surface area (Å²) in [6.07, 6.45) is 3.83. The number of aliphatic hydroxyl groups excluding tert-OH is 2. The van der Waals surface area contributed by atoms with Gasteiger partial charge in [0.15, 0.2) is 22.8 Å². The second-order valence-electron chi connectivity index (χ2n) is 14.3. The summed E-state index contributed by atoms with van der Waals surface area (Å²) < 4.78 is 62.2. The second-order valence-corrected chi connectivity index (χ2v) is 19.7. The van der Waals surface area contributed by atoms with E-state index in [4.69, 9.17) is 24.6 Å². The number of allylic oxidation sites excluding steroid dienone is 3.